The molecule has 0 saturated carbocycles. The molecule has 0 spiro atoms. The van der Waals surface area contributed by atoms with Crippen LogP contribution in [0.15, 0.2) is 32.3 Å². The second-order valence-electron chi connectivity index (χ2n) is 4.03. The fourth-order valence-electron chi connectivity index (χ4n) is 1.46. The minimum absolute atomic E-state index is 0.00440. The lowest BCUT2D eigenvalue weighted by Crippen LogP contribution is -2.23. The van der Waals surface area contributed by atoms with E-state index in [0.717, 1.165) is 0 Å². The number of amidine groups is 1. The molecule has 2 rings (SSSR count). The lowest BCUT2D eigenvalue weighted by Gasteiger charge is -2.04. The van der Waals surface area contributed by atoms with E-state index in [0.29, 0.717) is 5.69 Å². The molecule has 0 fully saturated rings. The molecule has 22 heavy (non-hydrogen) atoms. The molecule has 1 aromatic heterocycles. The van der Waals surface area contributed by atoms with Gasteiger partial charge in [-0.2, -0.15) is 0 Å². The summed E-state index contributed by atoms with van der Waals surface area (Å²) < 4.78 is 17.9. The number of nitrogens with zero attached hydrogens (tertiary/aromatic N) is 3. The third-order valence-corrected chi connectivity index (χ3v) is 3.15. The maximum absolute atomic E-state index is 13.2. The number of hydrogen-bond acceptors (Lipinski definition) is 6. The van der Waals surface area contributed by atoms with E-state index in [1.54, 1.807) is 6.92 Å². The third-order valence-electron chi connectivity index (χ3n) is 2.54. The zero-order valence-corrected chi connectivity index (χ0v) is 12.9. The highest BCUT2D eigenvalue weighted by Crippen LogP contribution is 2.23. The molecular formula is C12H11BrFN5O3. The number of amides is 1. The van der Waals surface area contributed by atoms with Crippen LogP contribution in [0, 0.1) is 5.82 Å². The van der Waals surface area contributed by atoms with Gasteiger partial charge in [-0.15, -0.1) is 0 Å². The molecule has 1 aromatic carbocycles. The summed E-state index contributed by atoms with van der Waals surface area (Å²) in [5.41, 5.74) is 2.18. The number of aromatic nitrogens is 2. The lowest BCUT2D eigenvalue weighted by molar-refractivity contribution is -0.115. The Labute approximate surface area is 132 Å². The Morgan fingerprint density at radius 2 is 2.27 bits per heavy atom. The third kappa shape index (κ3) is 3.65. The molecule has 0 unspecified atom stereocenters. The molecule has 1 amide bonds. The van der Waals surface area contributed by atoms with Gasteiger partial charge in [0, 0.05) is 6.42 Å². The largest absolute Gasteiger partial charge is 0.306 e. The molecule has 1 heterocycles. The zero-order chi connectivity index (χ0) is 16.1. The Hall–Kier alpha value is -2.33. The topological polar surface area (TPSA) is 113 Å². The van der Waals surface area contributed by atoms with Gasteiger partial charge in [0.2, 0.25) is 11.7 Å². The first kappa shape index (κ1) is 16.0. The van der Waals surface area contributed by atoms with Crippen molar-refractivity contribution < 1.29 is 19.0 Å². The summed E-state index contributed by atoms with van der Waals surface area (Å²) in [5, 5.41) is 18.8. The Balaban J connectivity index is 2.35. The normalized spacial score (nSPS) is 11.4. The van der Waals surface area contributed by atoms with Crippen LogP contribution in [0.4, 0.5) is 15.9 Å². The lowest BCUT2D eigenvalue weighted by atomic mass is 10.3. The Bertz CT molecular complexity index is 719. The van der Waals surface area contributed by atoms with Crippen molar-refractivity contribution in [3.8, 4) is 0 Å². The number of nitrogens with one attached hydrogen (secondary N) is 2. The highest BCUT2D eigenvalue weighted by atomic mass is 79.9. The molecule has 0 radical (unpaired) electrons. The van der Waals surface area contributed by atoms with Gasteiger partial charge in [0.1, 0.15) is 5.82 Å². The van der Waals surface area contributed by atoms with E-state index >= 15 is 0 Å². The standard InChI is InChI=1S/C12H11BrFN5O3/c1-2-9(20)16-12-10(18-22-19-12)11(17-21)15-6-3-4-8(14)7(13)5-6/h3-5,21H,2H2,1H3,(H,15,17)(H,16,19,20). The van der Waals surface area contributed by atoms with Crippen molar-refractivity contribution >= 4 is 39.2 Å². The average Bonchev–Trinajstić information content (AvgIpc) is 2.96. The maximum atomic E-state index is 13.2. The minimum Gasteiger partial charge on any atom is -0.306 e. The van der Waals surface area contributed by atoms with E-state index in [1.807, 2.05) is 5.48 Å². The van der Waals surface area contributed by atoms with E-state index in [1.165, 1.54) is 18.2 Å². The number of aliphatic imine (C=N–C) groups is 1. The van der Waals surface area contributed by atoms with Crippen molar-refractivity contribution in [2.24, 2.45) is 4.99 Å². The second-order valence-corrected chi connectivity index (χ2v) is 4.89. The van der Waals surface area contributed by atoms with Crippen LogP contribution in [-0.2, 0) is 4.79 Å². The summed E-state index contributed by atoms with van der Waals surface area (Å²) in [7, 11) is 0. The van der Waals surface area contributed by atoms with Gasteiger partial charge in [-0.25, -0.2) is 14.0 Å². The number of benzene rings is 1. The van der Waals surface area contributed by atoms with Gasteiger partial charge < -0.3 is 5.32 Å². The first-order valence-corrected chi connectivity index (χ1v) is 6.91. The van der Waals surface area contributed by atoms with Crippen molar-refractivity contribution in [1.82, 2.24) is 15.8 Å². The monoisotopic (exact) mass is 371 g/mol. The van der Waals surface area contributed by atoms with Gasteiger partial charge in [0.15, 0.2) is 11.5 Å². The van der Waals surface area contributed by atoms with Crippen LogP contribution in [0.3, 0.4) is 0 Å². The van der Waals surface area contributed by atoms with E-state index in [4.69, 9.17) is 0 Å². The van der Waals surface area contributed by atoms with Gasteiger partial charge in [0.05, 0.1) is 10.2 Å². The van der Waals surface area contributed by atoms with Crippen molar-refractivity contribution in [1.29, 1.82) is 0 Å². The summed E-state index contributed by atoms with van der Waals surface area (Å²) in [6, 6.07) is 4.01. The number of carbonyl (C=O) groups excluding carboxylic acids is 1. The molecule has 0 bridgehead atoms. The summed E-state index contributed by atoms with van der Waals surface area (Å²) in [6.07, 6.45) is 0.232. The molecule has 0 aliphatic rings. The van der Waals surface area contributed by atoms with Gasteiger partial charge in [-0.3, -0.25) is 15.5 Å². The molecule has 8 nitrogen and oxygen atoms in total. The highest BCUT2D eigenvalue weighted by molar-refractivity contribution is 9.10. The SMILES string of the molecule is CCC(=O)Nc1nonc1C(=Nc1ccc(F)c(Br)c1)NO. The molecule has 0 saturated heterocycles. The molecule has 0 aliphatic heterocycles. The first-order valence-electron chi connectivity index (χ1n) is 6.11. The van der Waals surface area contributed by atoms with Crippen LogP contribution < -0.4 is 10.8 Å². The highest BCUT2D eigenvalue weighted by Gasteiger charge is 2.18. The molecule has 0 aliphatic carbocycles. The fraction of sp³-hybridized carbons (Fsp3) is 0.167. The number of carbonyl (C=O) groups is 1. The van der Waals surface area contributed by atoms with E-state index in [2.05, 4.69) is 41.2 Å². The van der Waals surface area contributed by atoms with Crippen LogP contribution in [-0.4, -0.2) is 27.3 Å². The van der Waals surface area contributed by atoms with E-state index < -0.39 is 5.82 Å². The van der Waals surface area contributed by atoms with Crippen LogP contribution in [0.1, 0.15) is 19.0 Å². The average molecular weight is 372 g/mol. The Morgan fingerprint density at radius 3 is 2.91 bits per heavy atom. The van der Waals surface area contributed by atoms with E-state index in [-0.39, 0.29) is 34.1 Å². The van der Waals surface area contributed by atoms with Crippen LogP contribution in [0.2, 0.25) is 0 Å². The van der Waals surface area contributed by atoms with Crippen LogP contribution >= 0.6 is 15.9 Å². The Morgan fingerprint density at radius 1 is 1.50 bits per heavy atom. The minimum atomic E-state index is -0.448. The number of halogens is 2. The summed E-state index contributed by atoms with van der Waals surface area (Å²) in [6.45, 7) is 1.66. The molecule has 116 valence electrons. The second kappa shape index (κ2) is 7.09. The molecule has 0 atom stereocenters. The zero-order valence-electron chi connectivity index (χ0n) is 11.3. The van der Waals surface area contributed by atoms with Crippen molar-refractivity contribution in [3.63, 3.8) is 0 Å². The maximum Gasteiger partial charge on any atom is 0.225 e. The molecule has 3 N–H and O–H groups in total. The van der Waals surface area contributed by atoms with Crippen LogP contribution in [0.5, 0.6) is 0 Å². The van der Waals surface area contributed by atoms with Gasteiger partial charge in [-0.1, -0.05) is 6.92 Å². The van der Waals surface area contributed by atoms with Gasteiger partial charge in [-0.05, 0) is 44.4 Å². The van der Waals surface area contributed by atoms with Crippen molar-refractivity contribution in [3.05, 3.63) is 34.2 Å². The molecule has 2 aromatic rings. The Kier molecular flexibility index (Phi) is 5.17. The van der Waals surface area contributed by atoms with Gasteiger partial charge >= 0.3 is 0 Å². The first-order chi connectivity index (χ1) is 10.5. The number of anilines is 1. The summed E-state index contributed by atoms with van der Waals surface area (Å²) in [4.78, 5) is 15.5. The fourth-order valence-corrected chi connectivity index (χ4v) is 1.83. The van der Waals surface area contributed by atoms with Crippen molar-refractivity contribution in [2.75, 3.05) is 5.32 Å². The summed E-state index contributed by atoms with van der Waals surface area (Å²) in [5.74, 6) is -0.866. The molecule has 10 heteroatoms. The van der Waals surface area contributed by atoms with Gasteiger partial charge in [0.25, 0.3) is 0 Å². The smallest absolute Gasteiger partial charge is 0.225 e. The quantitative estimate of drug-likeness (QED) is 0.432. The number of hydrogen-bond donors (Lipinski definition) is 3. The van der Waals surface area contributed by atoms with Crippen LogP contribution in [0.25, 0.3) is 0 Å². The predicted molar refractivity (Wildman–Crippen MR) is 78.4 cm³/mol. The number of hydroxylamine groups is 1. The molecular weight excluding hydrogens is 361 g/mol. The van der Waals surface area contributed by atoms with E-state index in [9.17, 15) is 14.4 Å². The summed E-state index contributed by atoms with van der Waals surface area (Å²) >= 11 is 3.03. The van der Waals surface area contributed by atoms with Crippen molar-refractivity contribution in [2.45, 2.75) is 13.3 Å². The number of rotatable bonds is 4. The predicted octanol–water partition coefficient (Wildman–Crippen LogP) is 2.38.